The molecule has 0 aliphatic carbocycles. The van der Waals surface area contributed by atoms with E-state index < -0.39 is 23.4 Å². The smallest absolute Gasteiger partial charge is 0.336 e. The first-order valence-electron chi connectivity index (χ1n) is 8.55. The van der Waals surface area contributed by atoms with E-state index in [-0.39, 0.29) is 22.3 Å². The van der Waals surface area contributed by atoms with Crippen LogP contribution in [-0.2, 0) is 4.79 Å². The van der Waals surface area contributed by atoms with Gasteiger partial charge in [-0.25, -0.2) is 9.97 Å². The summed E-state index contributed by atoms with van der Waals surface area (Å²) >= 11 is 6.10. The number of allylic oxidation sites excluding steroid dienone is 1. The van der Waals surface area contributed by atoms with Crippen LogP contribution in [0.25, 0.3) is 5.82 Å². The average Bonchev–Trinajstić information content (AvgIpc) is 3.21. The second-order valence-corrected chi connectivity index (χ2v) is 6.43. The topological polar surface area (TPSA) is 121 Å². The second-order valence-electron chi connectivity index (χ2n) is 6.02. The number of aromatic nitrogens is 5. The summed E-state index contributed by atoms with van der Waals surface area (Å²) in [6, 6.07) is 5.69. The predicted molar refractivity (Wildman–Crippen MR) is 107 cm³/mol. The highest BCUT2D eigenvalue weighted by Crippen LogP contribution is 2.29. The molecule has 0 saturated heterocycles. The van der Waals surface area contributed by atoms with Crippen molar-refractivity contribution in [2.75, 3.05) is 10.6 Å². The van der Waals surface area contributed by atoms with Crippen molar-refractivity contribution in [2.24, 2.45) is 0 Å². The van der Waals surface area contributed by atoms with E-state index in [0.29, 0.717) is 11.9 Å². The number of halogens is 4. The lowest BCUT2D eigenvalue weighted by Gasteiger charge is -2.17. The van der Waals surface area contributed by atoms with E-state index in [1.165, 1.54) is 36.8 Å². The van der Waals surface area contributed by atoms with Crippen LogP contribution < -0.4 is 10.6 Å². The number of carbonyl (C=O) groups excluding carboxylic acids is 1. The van der Waals surface area contributed by atoms with Gasteiger partial charge in [0.1, 0.15) is 11.5 Å². The summed E-state index contributed by atoms with van der Waals surface area (Å²) in [5.41, 5.74) is -1.90. The molecule has 160 valence electrons. The first kappa shape index (κ1) is 21.9. The van der Waals surface area contributed by atoms with Crippen LogP contribution in [0.5, 0.6) is 0 Å². The zero-order chi connectivity index (χ0) is 22.6. The quantitative estimate of drug-likeness (QED) is 0.390. The molecule has 3 aromatic rings. The lowest BCUT2D eigenvalue weighted by atomic mass is 10.2. The van der Waals surface area contributed by atoms with Crippen molar-refractivity contribution in [1.29, 1.82) is 5.41 Å². The number of amides is 1. The van der Waals surface area contributed by atoms with Crippen LogP contribution in [0.2, 0.25) is 5.02 Å². The maximum atomic E-state index is 13.6. The fourth-order valence-electron chi connectivity index (χ4n) is 2.45. The van der Waals surface area contributed by atoms with Gasteiger partial charge in [0.15, 0.2) is 5.82 Å². The van der Waals surface area contributed by atoms with Gasteiger partial charge < -0.3 is 16.0 Å². The Balaban J connectivity index is 1.91. The molecule has 0 atom stereocenters. The molecule has 0 spiro atoms. The zero-order valence-corrected chi connectivity index (χ0v) is 16.5. The van der Waals surface area contributed by atoms with Gasteiger partial charge in [0, 0.05) is 11.9 Å². The van der Waals surface area contributed by atoms with Crippen LogP contribution in [0.4, 0.5) is 24.7 Å². The Hall–Kier alpha value is -3.80. The molecule has 0 fully saturated rings. The first-order chi connectivity index (χ1) is 14.7. The van der Waals surface area contributed by atoms with Crippen molar-refractivity contribution >= 4 is 35.2 Å². The van der Waals surface area contributed by atoms with Crippen molar-refractivity contribution in [3.8, 4) is 5.82 Å². The maximum Gasteiger partial charge on any atom is 0.432 e. The summed E-state index contributed by atoms with van der Waals surface area (Å²) in [5, 5.41) is 19.5. The Morgan fingerprint density at radius 2 is 1.94 bits per heavy atom. The molecular weight excluding hydrogens is 437 g/mol. The van der Waals surface area contributed by atoms with Gasteiger partial charge in [-0.05, 0) is 25.1 Å². The first-order valence-corrected chi connectivity index (χ1v) is 8.93. The van der Waals surface area contributed by atoms with Crippen molar-refractivity contribution in [1.82, 2.24) is 25.0 Å². The summed E-state index contributed by atoms with van der Waals surface area (Å²) < 4.78 is 40.9. The van der Waals surface area contributed by atoms with Crippen molar-refractivity contribution in [2.45, 2.75) is 13.1 Å². The lowest BCUT2D eigenvalue weighted by molar-refractivity contribution is -0.114. The summed E-state index contributed by atoms with van der Waals surface area (Å²) in [4.78, 5) is 21.6. The van der Waals surface area contributed by atoms with Crippen molar-refractivity contribution < 1.29 is 18.0 Å². The molecule has 0 aliphatic rings. The Morgan fingerprint density at radius 1 is 1.23 bits per heavy atom. The van der Waals surface area contributed by atoms with E-state index in [9.17, 15) is 18.0 Å². The highest BCUT2D eigenvalue weighted by Gasteiger charge is 2.38. The Bertz CT molecular complexity index is 1140. The molecule has 0 radical (unpaired) electrons. The van der Waals surface area contributed by atoms with Gasteiger partial charge in [0.05, 0.1) is 34.9 Å². The molecule has 13 heteroatoms. The van der Waals surface area contributed by atoms with Crippen molar-refractivity contribution in [3.63, 3.8) is 0 Å². The molecule has 3 heterocycles. The minimum absolute atomic E-state index is 0.0143. The van der Waals surface area contributed by atoms with Gasteiger partial charge in [0.2, 0.25) is 0 Å². The summed E-state index contributed by atoms with van der Waals surface area (Å²) in [6.07, 6.45) is -0.667. The fraction of sp³-hybridized carbons (Fsp3) is 0.111. The molecule has 0 aromatic carbocycles. The van der Waals surface area contributed by atoms with Gasteiger partial charge in [-0.1, -0.05) is 17.7 Å². The molecule has 3 aromatic heterocycles. The second kappa shape index (κ2) is 8.92. The molecule has 9 nitrogen and oxygen atoms in total. The molecule has 1 amide bonds. The van der Waals surface area contributed by atoms with E-state index in [0.717, 1.165) is 4.80 Å². The third-order valence-electron chi connectivity index (χ3n) is 3.77. The number of anilines is 2. The minimum Gasteiger partial charge on any atom is -0.336 e. The Labute approximate surface area is 178 Å². The predicted octanol–water partition coefficient (Wildman–Crippen LogP) is 3.54. The van der Waals surface area contributed by atoms with Crippen LogP contribution in [0.3, 0.4) is 0 Å². The number of pyridine rings is 2. The number of carbonyl (C=O) groups is 1. The fourth-order valence-corrected chi connectivity index (χ4v) is 2.69. The van der Waals surface area contributed by atoms with Gasteiger partial charge in [-0.2, -0.15) is 23.4 Å². The van der Waals surface area contributed by atoms with Gasteiger partial charge in [-0.3, -0.25) is 4.79 Å². The summed E-state index contributed by atoms with van der Waals surface area (Å²) in [5.74, 6) is -1.15. The molecule has 0 aliphatic heterocycles. The number of hydrogen-bond acceptors (Lipinski definition) is 7. The molecule has 31 heavy (non-hydrogen) atoms. The number of aryl methyl sites for hydroxylation is 1. The largest absolute Gasteiger partial charge is 0.432 e. The molecule has 3 rings (SSSR count). The number of alkyl halides is 3. The van der Waals surface area contributed by atoms with E-state index >= 15 is 0 Å². The van der Waals surface area contributed by atoms with E-state index in [2.05, 4.69) is 30.8 Å². The van der Waals surface area contributed by atoms with Crippen LogP contribution in [0.1, 0.15) is 5.69 Å². The Kier molecular flexibility index (Phi) is 6.30. The SMILES string of the molecule is Cc1cccc(N/C(=C(\C=N)C(=O)Nc2cnc(-n3nccn3)c(Cl)c2)C(F)(F)F)n1. The number of hydrogen-bond donors (Lipinski definition) is 3. The number of nitrogens with one attached hydrogen (secondary N) is 3. The molecule has 0 bridgehead atoms. The maximum absolute atomic E-state index is 13.6. The number of rotatable bonds is 6. The molecular formula is C18H14ClF3N8O. The Morgan fingerprint density at radius 3 is 2.52 bits per heavy atom. The van der Waals surface area contributed by atoms with E-state index in [1.54, 1.807) is 13.0 Å². The third-order valence-corrected chi connectivity index (χ3v) is 4.05. The highest BCUT2D eigenvalue weighted by molar-refractivity contribution is 6.32. The minimum atomic E-state index is -4.96. The van der Waals surface area contributed by atoms with E-state index in [4.69, 9.17) is 17.0 Å². The van der Waals surface area contributed by atoms with Gasteiger partial charge in [-0.15, -0.1) is 4.80 Å². The summed E-state index contributed by atoms with van der Waals surface area (Å²) in [7, 11) is 0. The zero-order valence-electron chi connectivity index (χ0n) is 15.8. The van der Waals surface area contributed by atoms with Crippen LogP contribution in [0, 0.1) is 12.3 Å². The highest BCUT2D eigenvalue weighted by atomic mass is 35.5. The standard InChI is InChI=1S/C18H14ClF3N8O/c1-10-3-2-4-14(27-10)29-15(18(20,21)22)12(8-23)17(31)28-11-7-13(19)16(24-9-11)30-25-5-6-26-30/h2-9,23H,1H3,(H,27,29)(H,28,31)/b15-12+,23-8?. The van der Waals surface area contributed by atoms with E-state index in [1.807, 2.05) is 0 Å². The normalized spacial score (nSPS) is 12.2. The summed E-state index contributed by atoms with van der Waals surface area (Å²) in [6.45, 7) is 1.60. The number of nitrogens with zero attached hydrogens (tertiary/aromatic N) is 5. The van der Waals surface area contributed by atoms with Gasteiger partial charge >= 0.3 is 6.18 Å². The molecule has 0 unspecified atom stereocenters. The van der Waals surface area contributed by atoms with Crippen LogP contribution in [-0.4, -0.2) is 43.3 Å². The lowest BCUT2D eigenvalue weighted by Crippen LogP contribution is -2.28. The van der Waals surface area contributed by atoms with Gasteiger partial charge in [0.25, 0.3) is 5.91 Å². The van der Waals surface area contributed by atoms with Crippen molar-refractivity contribution in [3.05, 3.63) is 64.8 Å². The monoisotopic (exact) mass is 450 g/mol. The van der Waals surface area contributed by atoms with Crippen LogP contribution in [0.15, 0.2) is 54.1 Å². The van der Waals surface area contributed by atoms with Crippen LogP contribution >= 0.6 is 11.6 Å². The molecule has 0 saturated carbocycles. The molecule has 3 N–H and O–H groups in total. The average molecular weight is 451 g/mol. The third kappa shape index (κ3) is 5.22.